The number of benzene rings is 3. The number of rotatable bonds is 6. The molecule has 0 bridgehead atoms. The molecule has 0 saturated heterocycles. The van der Waals surface area contributed by atoms with Crippen molar-refractivity contribution in [3.63, 3.8) is 0 Å². The SMILES string of the molecule is COc1cccc(S(=O)(=O)c2ccc(/C=C/c3ccc(F)cc3)cc2)c1OC. The van der Waals surface area contributed by atoms with E-state index < -0.39 is 9.84 Å². The van der Waals surface area contributed by atoms with E-state index in [0.717, 1.165) is 11.1 Å². The fraction of sp³-hybridized carbons (Fsp3) is 0.0909. The van der Waals surface area contributed by atoms with E-state index in [1.807, 2.05) is 12.2 Å². The third-order valence-corrected chi connectivity index (χ3v) is 5.98. The van der Waals surface area contributed by atoms with Crippen molar-refractivity contribution in [2.45, 2.75) is 9.79 Å². The van der Waals surface area contributed by atoms with Crippen molar-refractivity contribution in [2.24, 2.45) is 0 Å². The minimum absolute atomic E-state index is 0.0453. The zero-order valence-electron chi connectivity index (χ0n) is 15.4. The number of para-hydroxylation sites is 1. The molecule has 0 N–H and O–H groups in total. The highest BCUT2D eigenvalue weighted by atomic mass is 32.2. The molecule has 4 nitrogen and oxygen atoms in total. The summed E-state index contributed by atoms with van der Waals surface area (Å²) in [5.74, 6) is 0.229. The minimum atomic E-state index is -3.77. The second-order valence-electron chi connectivity index (χ2n) is 5.95. The molecule has 3 aromatic carbocycles. The fourth-order valence-corrected chi connectivity index (χ4v) is 4.15. The van der Waals surface area contributed by atoms with Crippen molar-refractivity contribution in [3.8, 4) is 11.5 Å². The van der Waals surface area contributed by atoms with Crippen LogP contribution in [-0.4, -0.2) is 22.6 Å². The van der Waals surface area contributed by atoms with E-state index in [1.165, 1.54) is 32.4 Å². The van der Waals surface area contributed by atoms with Crippen LogP contribution in [0.25, 0.3) is 12.2 Å². The summed E-state index contributed by atoms with van der Waals surface area (Å²) in [5, 5.41) is 0. The molecule has 0 saturated carbocycles. The van der Waals surface area contributed by atoms with E-state index in [9.17, 15) is 12.8 Å². The topological polar surface area (TPSA) is 52.6 Å². The van der Waals surface area contributed by atoms with Crippen LogP contribution in [0, 0.1) is 5.82 Å². The smallest absolute Gasteiger partial charge is 0.210 e. The van der Waals surface area contributed by atoms with Gasteiger partial charge in [-0.05, 0) is 47.5 Å². The van der Waals surface area contributed by atoms with Crippen LogP contribution >= 0.6 is 0 Å². The lowest BCUT2D eigenvalue weighted by atomic mass is 10.1. The molecule has 0 radical (unpaired) electrons. The highest BCUT2D eigenvalue weighted by molar-refractivity contribution is 7.91. The number of halogens is 1. The molecule has 0 amide bonds. The van der Waals surface area contributed by atoms with E-state index in [-0.39, 0.29) is 21.4 Å². The van der Waals surface area contributed by atoms with Crippen LogP contribution in [0.4, 0.5) is 4.39 Å². The summed E-state index contributed by atoms with van der Waals surface area (Å²) < 4.78 is 49.4. The lowest BCUT2D eigenvalue weighted by molar-refractivity contribution is 0.347. The highest BCUT2D eigenvalue weighted by Crippen LogP contribution is 2.36. The maximum Gasteiger partial charge on any atom is 0.210 e. The maximum atomic E-state index is 13.0. The van der Waals surface area contributed by atoms with Gasteiger partial charge in [-0.3, -0.25) is 0 Å². The summed E-state index contributed by atoms with van der Waals surface area (Å²) in [6, 6.07) is 17.3. The Kier molecular flexibility index (Phi) is 5.80. The summed E-state index contributed by atoms with van der Waals surface area (Å²) in [7, 11) is -0.916. The molecule has 0 aromatic heterocycles. The Morgan fingerprint density at radius 3 is 1.89 bits per heavy atom. The summed E-state index contributed by atoms with van der Waals surface area (Å²) >= 11 is 0. The van der Waals surface area contributed by atoms with Gasteiger partial charge >= 0.3 is 0 Å². The van der Waals surface area contributed by atoms with Crippen LogP contribution in [0.2, 0.25) is 0 Å². The maximum absolute atomic E-state index is 13.0. The van der Waals surface area contributed by atoms with E-state index in [2.05, 4.69) is 0 Å². The van der Waals surface area contributed by atoms with E-state index in [0.29, 0.717) is 5.75 Å². The van der Waals surface area contributed by atoms with Gasteiger partial charge in [0, 0.05) is 0 Å². The second-order valence-corrected chi connectivity index (χ2v) is 7.87. The Morgan fingerprint density at radius 1 is 0.786 bits per heavy atom. The van der Waals surface area contributed by atoms with Gasteiger partial charge in [0.1, 0.15) is 10.7 Å². The van der Waals surface area contributed by atoms with Crippen molar-refractivity contribution in [1.82, 2.24) is 0 Å². The van der Waals surface area contributed by atoms with Gasteiger partial charge < -0.3 is 9.47 Å². The molecule has 0 aliphatic heterocycles. The average molecular weight is 398 g/mol. The van der Waals surface area contributed by atoms with Gasteiger partial charge in [0.25, 0.3) is 0 Å². The lowest BCUT2D eigenvalue weighted by Gasteiger charge is -2.13. The quantitative estimate of drug-likeness (QED) is 0.557. The van der Waals surface area contributed by atoms with Crippen LogP contribution in [0.15, 0.2) is 76.5 Å². The molecule has 0 atom stereocenters. The van der Waals surface area contributed by atoms with Gasteiger partial charge in [0.05, 0.1) is 19.1 Å². The zero-order chi connectivity index (χ0) is 20.1. The molecular formula is C22H19FO4S. The Morgan fingerprint density at radius 2 is 1.36 bits per heavy atom. The Bertz CT molecular complexity index is 1090. The Balaban J connectivity index is 1.89. The molecule has 144 valence electrons. The lowest BCUT2D eigenvalue weighted by Crippen LogP contribution is -2.05. The first-order valence-corrected chi connectivity index (χ1v) is 9.94. The van der Waals surface area contributed by atoms with Gasteiger partial charge in [0.2, 0.25) is 9.84 Å². The first-order valence-electron chi connectivity index (χ1n) is 8.45. The van der Waals surface area contributed by atoms with Gasteiger partial charge in [-0.1, -0.05) is 42.5 Å². The van der Waals surface area contributed by atoms with Crippen LogP contribution in [-0.2, 0) is 9.84 Å². The first kappa shape index (κ1) is 19.6. The van der Waals surface area contributed by atoms with Crippen molar-refractivity contribution in [3.05, 3.63) is 83.7 Å². The van der Waals surface area contributed by atoms with Gasteiger partial charge in [0.15, 0.2) is 11.5 Å². The van der Waals surface area contributed by atoms with Crippen LogP contribution in [0.5, 0.6) is 11.5 Å². The largest absolute Gasteiger partial charge is 0.493 e. The Labute approximate surface area is 163 Å². The van der Waals surface area contributed by atoms with Crippen LogP contribution in [0.3, 0.4) is 0 Å². The predicted molar refractivity (Wildman–Crippen MR) is 107 cm³/mol. The molecule has 0 fully saturated rings. The third-order valence-electron chi connectivity index (χ3n) is 4.18. The number of hydrogen-bond acceptors (Lipinski definition) is 4. The normalized spacial score (nSPS) is 11.5. The van der Waals surface area contributed by atoms with E-state index in [1.54, 1.807) is 48.5 Å². The summed E-state index contributed by atoms with van der Waals surface area (Å²) in [6.45, 7) is 0. The average Bonchev–Trinajstić information content (AvgIpc) is 2.73. The standard InChI is InChI=1S/C22H19FO4S/c1-26-20-4-3-5-21(22(20)27-2)28(24,25)19-14-10-17(11-15-19)7-6-16-8-12-18(23)13-9-16/h3-15H,1-2H3/b7-6+. The summed E-state index contributed by atoms with van der Waals surface area (Å²) in [6.07, 6.45) is 3.66. The van der Waals surface area contributed by atoms with Crippen molar-refractivity contribution in [2.75, 3.05) is 14.2 Å². The molecule has 6 heteroatoms. The van der Waals surface area contributed by atoms with Crippen molar-refractivity contribution < 1.29 is 22.3 Å². The molecule has 3 rings (SSSR count). The van der Waals surface area contributed by atoms with Gasteiger partial charge in [-0.2, -0.15) is 0 Å². The minimum Gasteiger partial charge on any atom is -0.493 e. The highest BCUT2D eigenvalue weighted by Gasteiger charge is 2.24. The second kappa shape index (κ2) is 8.27. The van der Waals surface area contributed by atoms with Crippen molar-refractivity contribution >= 4 is 22.0 Å². The molecule has 28 heavy (non-hydrogen) atoms. The molecule has 0 aliphatic carbocycles. The van der Waals surface area contributed by atoms with Crippen molar-refractivity contribution in [1.29, 1.82) is 0 Å². The Hall–Kier alpha value is -3.12. The number of ether oxygens (including phenoxy) is 2. The molecule has 0 heterocycles. The number of sulfone groups is 1. The monoisotopic (exact) mass is 398 g/mol. The van der Waals surface area contributed by atoms with Crippen LogP contribution in [0.1, 0.15) is 11.1 Å². The third kappa shape index (κ3) is 4.07. The molecule has 0 unspecified atom stereocenters. The first-order chi connectivity index (χ1) is 13.5. The molecular weight excluding hydrogens is 379 g/mol. The predicted octanol–water partition coefficient (Wildman–Crippen LogP) is 4.85. The van der Waals surface area contributed by atoms with E-state index >= 15 is 0 Å². The summed E-state index contributed by atoms with van der Waals surface area (Å²) in [4.78, 5) is 0.196. The zero-order valence-corrected chi connectivity index (χ0v) is 16.2. The van der Waals surface area contributed by atoms with Crippen LogP contribution < -0.4 is 9.47 Å². The van der Waals surface area contributed by atoms with Gasteiger partial charge in [-0.25, -0.2) is 12.8 Å². The van der Waals surface area contributed by atoms with E-state index in [4.69, 9.17) is 9.47 Å². The molecule has 0 aliphatic rings. The van der Waals surface area contributed by atoms with Gasteiger partial charge in [-0.15, -0.1) is 0 Å². The molecule has 0 spiro atoms. The summed E-state index contributed by atoms with van der Waals surface area (Å²) in [5.41, 5.74) is 1.67. The number of hydrogen-bond donors (Lipinski definition) is 0. The number of methoxy groups -OCH3 is 2. The fourth-order valence-electron chi connectivity index (χ4n) is 2.72. The molecule has 3 aromatic rings.